The topological polar surface area (TPSA) is 94.2 Å². The first-order valence-electron chi connectivity index (χ1n) is 8.58. The minimum Gasteiger partial charge on any atom is -0.455 e. The van der Waals surface area contributed by atoms with Crippen LogP contribution >= 0.6 is 0 Å². The predicted molar refractivity (Wildman–Crippen MR) is 100.0 cm³/mol. The summed E-state index contributed by atoms with van der Waals surface area (Å²) in [6, 6.07) is 11.2. The fourth-order valence-electron chi connectivity index (χ4n) is 2.65. The molecular formula is C19H21N3O4S. The van der Waals surface area contributed by atoms with Gasteiger partial charge in [-0.05, 0) is 37.6 Å². The Kier molecular flexibility index (Phi) is 5.75. The maximum atomic E-state index is 12.4. The number of rotatable bonds is 8. The molecule has 1 amide bonds. The average Bonchev–Trinajstić information content (AvgIpc) is 3.28. The smallest absolute Gasteiger partial charge is 0.286 e. The first kappa shape index (κ1) is 18.9. The molecule has 0 fully saturated rings. The lowest BCUT2D eigenvalue weighted by Crippen LogP contribution is -2.24. The Balaban J connectivity index is 1.52. The van der Waals surface area contributed by atoms with Crippen LogP contribution in [0.2, 0.25) is 0 Å². The van der Waals surface area contributed by atoms with Gasteiger partial charge in [-0.1, -0.05) is 18.2 Å². The molecule has 0 atom stereocenters. The van der Waals surface area contributed by atoms with E-state index >= 15 is 0 Å². The first-order chi connectivity index (χ1) is 13.0. The van der Waals surface area contributed by atoms with Crippen molar-refractivity contribution in [2.45, 2.75) is 30.5 Å². The molecule has 3 rings (SSSR count). The SMILES string of the molecule is Cc1nccn1CCCNC(=O)c1ccc(CS(=O)(=O)c2ccccc2)o1. The lowest BCUT2D eigenvalue weighted by molar-refractivity contribution is 0.0923. The molecule has 2 aromatic heterocycles. The van der Waals surface area contributed by atoms with Gasteiger partial charge in [0, 0.05) is 25.5 Å². The summed E-state index contributed by atoms with van der Waals surface area (Å²) in [5.41, 5.74) is 0. The highest BCUT2D eigenvalue weighted by Gasteiger charge is 2.19. The van der Waals surface area contributed by atoms with Gasteiger partial charge in [0.05, 0.1) is 4.90 Å². The molecule has 0 aliphatic heterocycles. The van der Waals surface area contributed by atoms with Crippen LogP contribution in [0.5, 0.6) is 0 Å². The third-order valence-electron chi connectivity index (χ3n) is 4.11. The van der Waals surface area contributed by atoms with E-state index < -0.39 is 9.84 Å². The molecule has 142 valence electrons. The molecule has 1 N–H and O–H groups in total. The van der Waals surface area contributed by atoms with Gasteiger partial charge in [-0.15, -0.1) is 0 Å². The Bertz CT molecular complexity index is 1010. The zero-order valence-electron chi connectivity index (χ0n) is 15.0. The normalized spacial score (nSPS) is 11.4. The van der Waals surface area contributed by atoms with Gasteiger partial charge in [-0.3, -0.25) is 4.79 Å². The van der Waals surface area contributed by atoms with Crippen LogP contribution in [-0.2, 0) is 22.1 Å². The van der Waals surface area contributed by atoms with Crippen LogP contribution < -0.4 is 5.32 Å². The van der Waals surface area contributed by atoms with E-state index in [2.05, 4.69) is 10.3 Å². The number of hydrogen-bond donors (Lipinski definition) is 1. The van der Waals surface area contributed by atoms with Crippen LogP contribution in [0, 0.1) is 6.92 Å². The molecule has 0 radical (unpaired) electrons. The highest BCUT2D eigenvalue weighted by Crippen LogP contribution is 2.18. The zero-order valence-corrected chi connectivity index (χ0v) is 15.8. The molecule has 0 aliphatic rings. The van der Waals surface area contributed by atoms with E-state index in [1.165, 1.54) is 24.3 Å². The van der Waals surface area contributed by atoms with Crippen LogP contribution in [0.1, 0.15) is 28.6 Å². The molecule has 0 bridgehead atoms. The van der Waals surface area contributed by atoms with E-state index in [0.29, 0.717) is 6.54 Å². The Morgan fingerprint density at radius 3 is 2.67 bits per heavy atom. The number of nitrogens with one attached hydrogen (secondary N) is 1. The number of sulfone groups is 1. The molecular weight excluding hydrogens is 366 g/mol. The van der Waals surface area contributed by atoms with E-state index in [-0.39, 0.29) is 28.1 Å². The summed E-state index contributed by atoms with van der Waals surface area (Å²) in [5, 5.41) is 2.77. The molecule has 0 saturated carbocycles. The van der Waals surface area contributed by atoms with Crippen molar-refractivity contribution in [3.63, 3.8) is 0 Å². The molecule has 0 aliphatic carbocycles. The standard InChI is InChI=1S/C19H21N3O4S/c1-15-20-11-13-22(15)12-5-10-21-19(23)18-9-8-16(26-18)14-27(24,25)17-6-3-2-4-7-17/h2-4,6-9,11,13H,5,10,12,14H2,1H3,(H,21,23). The van der Waals surface area contributed by atoms with Crippen molar-refractivity contribution in [2.24, 2.45) is 0 Å². The molecule has 1 aromatic carbocycles. The van der Waals surface area contributed by atoms with Crippen molar-refractivity contribution in [3.8, 4) is 0 Å². The summed E-state index contributed by atoms with van der Waals surface area (Å²) >= 11 is 0. The van der Waals surface area contributed by atoms with Gasteiger partial charge >= 0.3 is 0 Å². The van der Waals surface area contributed by atoms with Crippen LogP contribution in [0.25, 0.3) is 0 Å². The summed E-state index contributed by atoms with van der Waals surface area (Å²) < 4.78 is 32.2. The van der Waals surface area contributed by atoms with Gasteiger partial charge in [0.1, 0.15) is 17.3 Å². The molecule has 2 heterocycles. The lowest BCUT2D eigenvalue weighted by Gasteiger charge is -2.06. The highest BCUT2D eigenvalue weighted by atomic mass is 32.2. The van der Waals surface area contributed by atoms with Crippen LogP contribution in [0.4, 0.5) is 0 Å². The van der Waals surface area contributed by atoms with Crippen molar-refractivity contribution in [3.05, 3.63) is 72.2 Å². The summed E-state index contributed by atoms with van der Waals surface area (Å²) in [6.07, 6.45) is 4.38. The Morgan fingerprint density at radius 2 is 1.96 bits per heavy atom. The van der Waals surface area contributed by atoms with Crippen molar-refractivity contribution in [2.75, 3.05) is 6.54 Å². The fourth-order valence-corrected chi connectivity index (χ4v) is 3.92. The monoisotopic (exact) mass is 387 g/mol. The number of carbonyl (C=O) groups is 1. The summed E-state index contributed by atoms with van der Waals surface area (Å²) in [4.78, 5) is 16.5. The van der Waals surface area contributed by atoms with E-state index in [0.717, 1.165) is 18.8 Å². The number of imidazole rings is 1. The molecule has 0 unspecified atom stereocenters. The third kappa shape index (κ3) is 4.85. The first-order valence-corrected chi connectivity index (χ1v) is 10.2. The van der Waals surface area contributed by atoms with Crippen molar-refractivity contribution >= 4 is 15.7 Å². The van der Waals surface area contributed by atoms with Crippen molar-refractivity contribution in [1.29, 1.82) is 0 Å². The van der Waals surface area contributed by atoms with Crippen LogP contribution in [0.15, 0.2) is 64.2 Å². The summed E-state index contributed by atoms with van der Waals surface area (Å²) in [7, 11) is -3.51. The zero-order chi connectivity index (χ0) is 19.3. The summed E-state index contributed by atoms with van der Waals surface area (Å²) in [6.45, 7) is 3.16. The molecule has 0 spiro atoms. The number of aromatic nitrogens is 2. The maximum absolute atomic E-state index is 12.4. The van der Waals surface area contributed by atoms with Crippen LogP contribution in [0.3, 0.4) is 0 Å². The van der Waals surface area contributed by atoms with Gasteiger partial charge in [0.25, 0.3) is 5.91 Å². The quantitative estimate of drug-likeness (QED) is 0.600. The molecule has 0 saturated heterocycles. The predicted octanol–water partition coefficient (Wildman–Crippen LogP) is 2.58. The second-order valence-corrected chi connectivity index (χ2v) is 8.10. The third-order valence-corrected chi connectivity index (χ3v) is 5.76. The number of nitrogens with zero attached hydrogens (tertiary/aromatic N) is 2. The van der Waals surface area contributed by atoms with Crippen molar-refractivity contribution < 1.29 is 17.6 Å². The van der Waals surface area contributed by atoms with E-state index in [1.54, 1.807) is 24.4 Å². The molecule has 8 heteroatoms. The van der Waals surface area contributed by atoms with Gasteiger partial charge in [-0.2, -0.15) is 0 Å². The lowest BCUT2D eigenvalue weighted by atomic mass is 10.3. The van der Waals surface area contributed by atoms with Gasteiger partial charge in [-0.25, -0.2) is 13.4 Å². The minimum atomic E-state index is -3.51. The number of benzene rings is 1. The molecule has 3 aromatic rings. The van der Waals surface area contributed by atoms with E-state index in [4.69, 9.17) is 4.42 Å². The highest BCUT2D eigenvalue weighted by molar-refractivity contribution is 7.90. The van der Waals surface area contributed by atoms with E-state index in [1.807, 2.05) is 17.7 Å². The number of amides is 1. The molecule has 27 heavy (non-hydrogen) atoms. The second-order valence-electron chi connectivity index (χ2n) is 6.12. The second kappa shape index (κ2) is 8.22. The van der Waals surface area contributed by atoms with Crippen LogP contribution in [-0.4, -0.2) is 30.4 Å². The Labute approximate surface area is 158 Å². The fraction of sp³-hybridized carbons (Fsp3) is 0.263. The van der Waals surface area contributed by atoms with Crippen molar-refractivity contribution in [1.82, 2.24) is 14.9 Å². The van der Waals surface area contributed by atoms with Gasteiger partial charge < -0.3 is 14.3 Å². The molecule has 7 nitrogen and oxygen atoms in total. The maximum Gasteiger partial charge on any atom is 0.286 e. The largest absolute Gasteiger partial charge is 0.455 e. The Hall–Kier alpha value is -2.87. The Morgan fingerprint density at radius 1 is 1.19 bits per heavy atom. The average molecular weight is 387 g/mol. The number of furan rings is 1. The number of carbonyl (C=O) groups excluding carboxylic acids is 1. The van der Waals surface area contributed by atoms with Gasteiger partial charge in [0.15, 0.2) is 15.6 Å². The number of aryl methyl sites for hydroxylation is 2. The minimum absolute atomic E-state index is 0.104. The van der Waals surface area contributed by atoms with Gasteiger partial charge in [0.2, 0.25) is 0 Å². The van der Waals surface area contributed by atoms with E-state index in [9.17, 15) is 13.2 Å². The summed E-state index contributed by atoms with van der Waals surface area (Å²) in [5.74, 6) is 0.618. The number of hydrogen-bond acceptors (Lipinski definition) is 5.